The molecule has 2 heterocycles. The van der Waals surface area contributed by atoms with Gasteiger partial charge in [0.1, 0.15) is 35.4 Å². The molecule has 1 saturated heterocycles. The van der Waals surface area contributed by atoms with Crippen LogP contribution in [0.25, 0.3) is 22.3 Å². The number of benzene rings is 2. The van der Waals surface area contributed by atoms with E-state index >= 15 is 0 Å². The van der Waals surface area contributed by atoms with Gasteiger partial charge in [0.05, 0.1) is 13.7 Å². The van der Waals surface area contributed by atoms with Crippen LogP contribution in [0.4, 0.5) is 0 Å². The Labute approximate surface area is 195 Å². The fraction of sp³-hybridized carbons (Fsp3) is 0.318. The van der Waals surface area contributed by atoms with Crippen LogP contribution in [-0.2, 0) is 4.74 Å². The summed E-state index contributed by atoms with van der Waals surface area (Å²) in [6, 6.07) is 4.70. The first-order valence-corrected chi connectivity index (χ1v) is 10.2. The lowest BCUT2D eigenvalue weighted by Gasteiger charge is -2.39. The van der Waals surface area contributed by atoms with Gasteiger partial charge in [-0.15, -0.1) is 0 Å². The average molecular weight is 494 g/mol. The molecule has 0 amide bonds. The number of phenolic OH excluding ortho intramolecular Hbond substituents is 4. The van der Waals surface area contributed by atoms with Gasteiger partial charge in [-0.25, -0.2) is 0 Å². The Balaban J connectivity index is 1.95. The van der Waals surface area contributed by atoms with Crippen LogP contribution >= 0.6 is 0 Å². The van der Waals surface area contributed by atoms with E-state index in [1.807, 2.05) is 0 Å². The molecule has 0 radical (unpaired) electrons. The van der Waals surface area contributed by atoms with Crippen LogP contribution in [0.3, 0.4) is 0 Å². The standard InChI is InChI=1S/C22H22O13/c1-32-10-4-7(2-3-8(10)24)20-21(35-22-19(31)18(30)15(27)12(6-23)34-22)17(29)13-11(33-20)5-9(25)14(26)16(13)28/h2-5,12,15,18-19,22-28,30-31H,6H2,1H3. The maximum atomic E-state index is 13.4. The van der Waals surface area contributed by atoms with E-state index in [0.29, 0.717) is 0 Å². The van der Waals surface area contributed by atoms with E-state index < -0.39 is 71.1 Å². The molecular weight excluding hydrogens is 472 g/mol. The molecule has 35 heavy (non-hydrogen) atoms. The van der Waals surface area contributed by atoms with Crippen molar-refractivity contribution in [2.45, 2.75) is 30.7 Å². The second-order valence-electron chi connectivity index (χ2n) is 7.76. The zero-order chi connectivity index (χ0) is 25.6. The summed E-state index contributed by atoms with van der Waals surface area (Å²) in [6.45, 7) is -0.757. The van der Waals surface area contributed by atoms with Crippen molar-refractivity contribution >= 4 is 11.0 Å². The van der Waals surface area contributed by atoms with E-state index in [9.17, 15) is 45.6 Å². The highest BCUT2D eigenvalue weighted by atomic mass is 16.7. The highest BCUT2D eigenvalue weighted by molar-refractivity contribution is 5.91. The van der Waals surface area contributed by atoms with E-state index in [-0.39, 0.29) is 28.4 Å². The maximum absolute atomic E-state index is 13.4. The highest BCUT2D eigenvalue weighted by Crippen LogP contribution is 2.43. The van der Waals surface area contributed by atoms with Crippen LogP contribution in [0.15, 0.2) is 33.5 Å². The highest BCUT2D eigenvalue weighted by Gasteiger charge is 2.45. The van der Waals surface area contributed by atoms with E-state index in [4.69, 9.17) is 18.6 Å². The Hall–Kier alpha value is -3.75. The third-order valence-electron chi connectivity index (χ3n) is 5.59. The number of fused-ring (bicyclic) bond motifs is 1. The smallest absolute Gasteiger partial charge is 0.239 e. The van der Waals surface area contributed by atoms with Gasteiger partial charge in [-0.05, 0) is 18.2 Å². The van der Waals surface area contributed by atoms with Crippen LogP contribution in [0.2, 0.25) is 0 Å². The van der Waals surface area contributed by atoms with Gasteiger partial charge in [-0.3, -0.25) is 4.79 Å². The van der Waals surface area contributed by atoms with Crippen molar-refractivity contribution < 1.29 is 59.5 Å². The predicted octanol–water partition coefficient (Wildman–Crippen LogP) is -0.530. The molecule has 5 atom stereocenters. The van der Waals surface area contributed by atoms with Crippen molar-refractivity contribution in [2.75, 3.05) is 13.7 Å². The van der Waals surface area contributed by atoms with Gasteiger partial charge < -0.3 is 59.5 Å². The number of phenols is 4. The van der Waals surface area contributed by atoms with E-state index in [2.05, 4.69) is 0 Å². The number of aliphatic hydroxyl groups is 4. The van der Waals surface area contributed by atoms with Gasteiger partial charge in [0, 0.05) is 11.6 Å². The number of rotatable bonds is 5. The molecule has 5 unspecified atom stereocenters. The summed E-state index contributed by atoms with van der Waals surface area (Å²) in [7, 11) is 1.28. The normalized spacial score (nSPS) is 24.4. The zero-order valence-corrected chi connectivity index (χ0v) is 18.0. The first-order chi connectivity index (χ1) is 16.6. The lowest BCUT2D eigenvalue weighted by atomic mass is 9.99. The number of hydrogen-bond acceptors (Lipinski definition) is 13. The Morgan fingerprint density at radius 2 is 1.66 bits per heavy atom. The minimum Gasteiger partial charge on any atom is -0.504 e. The van der Waals surface area contributed by atoms with Gasteiger partial charge in [0.15, 0.2) is 28.8 Å². The molecule has 2 aromatic carbocycles. The first-order valence-electron chi connectivity index (χ1n) is 10.2. The predicted molar refractivity (Wildman–Crippen MR) is 116 cm³/mol. The van der Waals surface area contributed by atoms with Gasteiger partial charge >= 0.3 is 0 Å². The zero-order valence-electron chi connectivity index (χ0n) is 18.0. The largest absolute Gasteiger partial charge is 0.504 e. The summed E-state index contributed by atoms with van der Waals surface area (Å²) in [4.78, 5) is 13.4. The number of ether oxygens (including phenoxy) is 3. The van der Waals surface area contributed by atoms with Crippen LogP contribution in [-0.4, -0.2) is 85.3 Å². The molecule has 0 saturated carbocycles. The molecule has 0 bridgehead atoms. The molecule has 1 aromatic heterocycles. The second kappa shape index (κ2) is 9.13. The summed E-state index contributed by atoms with van der Waals surface area (Å²) in [5, 5.41) is 79.2. The molecule has 3 aromatic rings. The number of aliphatic hydroxyl groups excluding tert-OH is 4. The molecule has 188 valence electrons. The quantitative estimate of drug-likeness (QED) is 0.209. The Morgan fingerprint density at radius 1 is 0.943 bits per heavy atom. The SMILES string of the molecule is COc1cc(-c2oc3cc(O)c(O)c(O)c3c(=O)c2OC2OC(CO)C(O)C(O)C2O)ccc1O. The number of aromatic hydroxyl groups is 4. The third kappa shape index (κ3) is 4.05. The lowest BCUT2D eigenvalue weighted by Crippen LogP contribution is -2.60. The molecule has 1 aliphatic rings. The Kier molecular flexibility index (Phi) is 6.36. The minimum atomic E-state index is -1.88. The fourth-order valence-electron chi connectivity index (χ4n) is 3.69. The topological polar surface area (TPSA) is 220 Å². The second-order valence-corrected chi connectivity index (χ2v) is 7.76. The molecule has 0 aliphatic carbocycles. The van der Waals surface area contributed by atoms with Gasteiger partial charge in [-0.2, -0.15) is 0 Å². The number of methoxy groups -OCH3 is 1. The van der Waals surface area contributed by atoms with E-state index in [0.717, 1.165) is 6.07 Å². The third-order valence-corrected chi connectivity index (χ3v) is 5.59. The molecule has 4 rings (SSSR count). The summed E-state index contributed by atoms with van der Waals surface area (Å²) in [6.07, 6.45) is -8.53. The molecule has 0 spiro atoms. The molecule has 8 N–H and O–H groups in total. The monoisotopic (exact) mass is 494 g/mol. The van der Waals surface area contributed by atoms with Crippen molar-refractivity contribution in [1.29, 1.82) is 0 Å². The van der Waals surface area contributed by atoms with Crippen molar-refractivity contribution in [3.8, 4) is 45.8 Å². The van der Waals surface area contributed by atoms with Crippen LogP contribution in [0.5, 0.6) is 34.5 Å². The molecule has 13 nitrogen and oxygen atoms in total. The fourth-order valence-corrected chi connectivity index (χ4v) is 3.69. The molecule has 13 heteroatoms. The summed E-state index contributed by atoms with van der Waals surface area (Å²) >= 11 is 0. The van der Waals surface area contributed by atoms with Crippen LogP contribution in [0.1, 0.15) is 0 Å². The van der Waals surface area contributed by atoms with Crippen molar-refractivity contribution in [3.05, 3.63) is 34.5 Å². The maximum Gasteiger partial charge on any atom is 0.239 e. The Bertz CT molecular complexity index is 1320. The lowest BCUT2D eigenvalue weighted by molar-refractivity contribution is -0.277. The number of hydrogen-bond donors (Lipinski definition) is 8. The van der Waals surface area contributed by atoms with Gasteiger partial charge in [-0.1, -0.05) is 0 Å². The molecule has 1 aliphatic heterocycles. The molecule has 1 fully saturated rings. The van der Waals surface area contributed by atoms with Crippen LogP contribution < -0.4 is 14.9 Å². The van der Waals surface area contributed by atoms with Crippen molar-refractivity contribution in [2.24, 2.45) is 0 Å². The van der Waals surface area contributed by atoms with E-state index in [1.165, 1.54) is 25.3 Å². The van der Waals surface area contributed by atoms with Crippen molar-refractivity contribution in [1.82, 2.24) is 0 Å². The summed E-state index contributed by atoms with van der Waals surface area (Å²) in [5.41, 5.74) is -1.32. The average Bonchev–Trinajstić information content (AvgIpc) is 2.84. The van der Waals surface area contributed by atoms with E-state index in [1.54, 1.807) is 0 Å². The first kappa shape index (κ1) is 24.4. The summed E-state index contributed by atoms with van der Waals surface area (Å²) in [5.74, 6) is -4.05. The summed E-state index contributed by atoms with van der Waals surface area (Å²) < 4.78 is 21.6. The van der Waals surface area contributed by atoms with Gasteiger partial charge in [0.2, 0.25) is 23.2 Å². The minimum absolute atomic E-state index is 0.0135. The van der Waals surface area contributed by atoms with Crippen LogP contribution in [0, 0.1) is 0 Å². The van der Waals surface area contributed by atoms with Gasteiger partial charge in [0.25, 0.3) is 0 Å². The van der Waals surface area contributed by atoms with Crippen molar-refractivity contribution in [3.63, 3.8) is 0 Å². The molecular formula is C22H22O13. The Morgan fingerprint density at radius 3 is 2.31 bits per heavy atom.